The summed E-state index contributed by atoms with van der Waals surface area (Å²) in [7, 11) is 3.51. The molecule has 6 atom stereocenters. The lowest BCUT2D eigenvalue weighted by Crippen LogP contribution is -2.68. The van der Waals surface area contributed by atoms with E-state index in [1.54, 1.807) is 19.8 Å². The third-order valence-corrected chi connectivity index (χ3v) is 8.93. The van der Waals surface area contributed by atoms with Gasteiger partial charge >= 0.3 is 0 Å². The van der Waals surface area contributed by atoms with Gasteiger partial charge in [-0.05, 0) is 43.4 Å². The summed E-state index contributed by atoms with van der Waals surface area (Å²) in [6, 6.07) is 5.76. The molecule has 5 nitrogen and oxygen atoms in total. The van der Waals surface area contributed by atoms with Crippen LogP contribution in [0, 0.1) is 11.8 Å². The number of anilines is 1. The Morgan fingerprint density at radius 2 is 2.00 bits per heavy atom. The van der Waals surface area contributed by atoms with E-state index >= 15 is 0 Å². The fourth-order valence-corrected chi connectivity index (χ4v) is 8.04. The van der Waals surface area contributed by atoms with Crippen molar-refractivity contribution in [2.45, 2.75) is 42.9 Å². The third-order valence-electron chi connectivity index (χ3n) is 8.93. The van der Waals surface area contributed by atoms with E-state index in [4.69, 9.17) is 14.2 Å². The molecule has 4 fully saturated rings. The lowest BCUT2D eigenvalue weighted by molar-refractivity contribution is -0.0566. The molecule has 0 unspecified atom stereocenters. The van der Waals surface area contributed by atoms with E-state index in [-0.39, 0.29) is 5.41 Å². The number of hydrogen-bond donors (Lipinski definition) is 0. The molecule has 1 aromatic carbocycles. The molecule has 2 bridgehead atoms. The van der Waals surface area contributed by atoms with Crippen LogP contribution in [0.15, 0.2) is 23.8 Å². The molecule has 1 aromatic rings. The summed E-state index contributed by atoms with van der Waals surface area (Å²) in [5, 5.41) is 0. The summed E-state index contributed by atoms with van der Waals surface area (Å²) in [6.45, 7) is 4.26. The van der Waals surface area contributed by atoms with Gasteiger partial charge in [0.25, 0.3) is 0 Å². The van der Waals surface area contributed by atoms with Crippen LogP contribution in [0.4, 0.5) is 5.69 Å². The Balaban J connectivity index is 1.50. The Hall–Kier alpha value is -1.72. The average Bonchev–Trinajstić information content (AvgIpc) is 3.18. The molecule has 3 saturated heterocycles. The van der Waals surface area contributed by atoms with Crippen LogP contribution >= 0.6 is 0 Å². The largest absolute Gasteiger partial charge is 0.493 e. The minimum atomic E-state index is 0.216. The maximum atomic E-state index is 6.44. The molecule has 5 heterocycles. The van der Waals surface area contributed by atoms with Crippen molar-refractivity contribution in [2.75, 3.05) is 45.4 Å². The predicted octanol–water partition coefficient (Wildman–Crippen LogP) is 2.58. The summed E-state index contributed by atoms with van der Waals surface area (Å²) < 4.78 is 17.9. The van der Waals surface area contributed by atoms with Gasteiger partial charge < -0.3 is 19.1 Å². The molecule has 0 aromatic heterocycles. The molecule has 0 N–H and O–H groups in total. The zero-order chi connectivity index (χ0) is 18.6. The summed E-state index contributed by atoms with van der Waals surface area (Å²) in [5.74, 6) is 3.05. The van der Waals surface area contributed by atoms with Gasteiger partial charge in [0.1, 0.15) is 0 Å². The van der Waals surface area contributed by atoms with Crippen molar-refractivity contribution in [3.8, 4) is 11.5 Å². The molecule has 28 heavy (non-hydrogen) atoms. The zero-order valence-electron chi connectivity index (χ0n) is 16.7. The second kappa shape index (κ2) is 5.25. The lowest BCUT2D eigenvalue weighted by atomic mass is 9.53. The minimum Gasteiger partial charge on any atom is -0.493 e. The van der Waals surface area contributed by atoms with Crippen molar-refractivity contribution >= 4 is 5.69 Å². The summed E-state index contributed by atoms with van der Waals surface area (Å²) in [4.78, 5) is 5.51. The first-order valence-corrected chi connectivity index (χ1v) is 10.8. The Morgan fingerprint density at radius 1 is 1.14 bits per heavy atom. The lowest BCUT2D eigenvalue weighted by Gasteiger charge is -2.59. The smallest absolute Gasteiger partial charge is 0.162 e. The molecule has 6 aliphatic rings. The number of piperidine rings is 2. The SMILES string of the molecule is COc1cc2c(cc1OC)[C@]13CCN4CC5=CCO[C@@H]6CCN2[C@H]1[C@@H]6[C@H]5C[C@H]43. The molecular formula is C23H28N2O3. The van der Waals surface area contributed by atoms with Crippen LogP contribution in [0.5, 0.6) is 11.5 Å². The first kappa shape index (κ1) is 16.1. The number of rotatable bonds is 2. The Labute approximate surface area is 166 Å². The summed E-state index contributed by atoms with van der Waals surface area (Å²) in [5.41, 5.74) is 4.78. The molecule has 1 aliphatic carbocycles. The Morgan fingerprint density at radius 3 is 2.86 bits per heavy atom. The highest BCUT2D eigenvalue weighted by Gasteiger charge is 2.69. The van der Waals surface area contributed by atoms with Crippen LogP contribution in [0.3, 0.4) is 0 Å². The fraction of sp³-hybridized carbons (Fsp3) is 0.652. The predicted molar refractivity (Wildman–Crippen MR) is 106 cm³/mol. The van der Waals surface area contributed by atoms with Crippen molar-refractivity contribution in [3.05, 3.63) is 29.3 Å². The average molecular weight is 380 g/mol. The van der Waals surface area contributed by atoms with E-state index in [9.17, 15) is 0 Å². The van der Waals surface area contributed by atoms with Gasteiger partial charge in [-0.1, -0.05) is 11.6 Å². The van der Waals surface area contributed by atoms with Crippen LogP contribution < -0.4 is 14.4 Å². The van der Waals surface area contributed by atoms with Crippen molar-refractivity contribution < 1.29 is 14.2 Å². The van der Waals surface area contributed by atoms with Crippen LogP contribution in [-0.4, -0.2) is 63.5 Å². The standard InChI is InChI=1S/C23H28N2O3/c1-26-18-10-15-16(11-19(18)27-2)25-6-3-17-21-14-9-20-23(15,22(21)25)5-7-24(20)12-13(14)4-8-28-17/h4,10-11,14,17,20-22H,3,5-9,12H2,1-2H3/t14-,17+,20-,21+,22-,23-/m0/s1. The second-order valence-corrected chi connectivity index (χ2v) is 9.50. The highest BCUT2D eigenvalue weighted by atomic mass is 16.5. The van der Waals surface area contributed by atoms with Crippen molar-refractivity contribution in [1.29, 1.82) is 0 Å². The highest BCUT2D eigenvalue weighted by Crippen LogP contribution is 2.66. The number of hydrogen-bond acceptors (Lipinski definition) is 5. The van der Waals surface area contributed by atoms with Crippen LogP contribution in [0.1, 0.15) is 24.8 Å². The highest BCUT2D eigenvalue weighted by molar-refractivity contribution is 5.72. The van der Waals surface area contributed by atoms with Gasteiger partial charge in [0.05, 0.1) is 26.9 Å². The van der Waals surface area contributed by atoms with Crippen LogP contribution in [-0.2, 0) is 10.2 Å². The van der Waals surface area contributed by atoms with Crippen molar-refractivity contribution in [3.63, 3.8) is 0 Å². The van der Waals surface area contributed by atoms with Gasteiger partial charge in [-0.15, -0.1) is 0 Å². The number of methoxy groups -OCH3 is 2. The zero-order valence-corrected chi connectivity index (χ0v) is 16.7. The van der Waals surface area contributed by atoms with E-state index in [0.717, 1.165) is 37.6 Å². The molecule has 1 saturated carbocycles. The molecule has 0 radical (unpaired) electrons. The molecule has 5 heteroatoms. The molecule has 7 rings (SSSR count). The maximum absolute atomic E-state index is 6.44. The van der Waals surface area contributed by atoms with E-state index in [1.807, 2.05) is 0 Å². The number of ether oxygens (including phenoxy) is 3. The summed E-state index contributed by atoms with van der Waals surface area (Å²) in [6.07, 6.45) is 6.52. The van der Waals surface area contributed by atoms with Crippen molar-refractivity contribution in [2.24, 2.45) is 11.8 Å². The number of fused-ring (bicyclic) bond motifs is 2. The van der Waals surface area contributed by atoms with E-state index < -0.39 is 0 Å². The van der Waals surface area contributed by atoms with Gasteiger partial charge in [0.2, 0.25) is 0 Å². The molecule has 148 valence electrons. The van der Waals surface area contributed by atoms with Crippen LogP contribution in [0.25, 0.3) is 0 Å². The molecule has 5 aliphatic heterocycles. The molecule has 0 amide bonds. The Bertz CT molecular complexity index is 898. The maximum Gasteiger partial charge on any atom is 0.162 e. The van der Waals surface area contributed by atoms with E-state index in [1.165, 1.54) is 30.6 Å². The normalized spacial score (nSPS) is 42.0. The topological polar surface area (TPSA) is 34.2 Å². The van der Waals surface area contributed by atoms with Gasteiger partial charge in [-0.25, -0.2) is 0 Å². The first-order chi connectivity index (χ1) is 13.8. The summed E-state index contributed by atoms with van der Waals surface area (Å²) >= 11 is 0. The third kappa shape index (κ3) is 1.65. The van der Waals surface area contributed by atoms with E-state index in [2.05, 4.69) is 28.0 Å². The van der Waals surface area contributed by atoms with Crippen LogP contribution in [0.2, 0.25) is 0 Å². The van der Waals surface area contributed by atoms with Gasteiger partial charge in [-0.3, -0.25) is 4.90 Å². The first-order valence-electron chi connectivity index (χ1n) is 10.8. The molecular weight excluding hydrogens is 352 g/mol. The number of benzene rings is 1. The van der Waals surface area contributed by atoms with Crippen molar-refractivity contribution in [1.82, 2.24) is 4.90 Å². The minimum absolute atomic E-state index is 0.216. The van der Waals surface area contributed by atoms with Gasteiger partial charge in [0.15, 0.2) is 11.5 Å². The second-order valence-electron chi connectivity index (χ2n) is 9.50. The Kier molecular flexibility index (Phi) is 3.02. The van der Waals surface area contributed by atoms with E-state index in [0.29, 0.717) is 30.0 Å². The fourth-order valence-electron chi connectivity index (χ4n) is 8.04. The monoisotopic (exact) mass is 380 g/mol. The molecule has 1 spiro atoms. The quantitative estimate of drug-likeness (QED) is 0.737. The van der Waals surface area contributed by atoms with Gasteiger partial charge in [0, 0.05) is 48.3 Å². The number of nitrogens with zero attached hydrogens (tertiary/aromatic N) is 2. The van der Waals surface area contributed by atoms with Gasteiger partial charge in [-0.2, -0.15) is 0 Å².